The Balaban J connectivity index is 1.40. The molecule has 1 fully saturated rings. The number of hydrogen-bond acceptors (Lipinski definition) is 5. The highest BCUT2D eigenvalue weighted by atomic mass is 16.5. The Bertz CT molecular complexity index is 843. The summed E-state index contributed by atoms with van der Waals surface area (Å²) in [5.74, 6) is 1.19. The first-order valence-corrected chi connectivity index (χ1v) is 9.40. The maximum absolute atomic E-state index is 12.6. The van der Waals surface area contributed by atoms with Crippen molar-refractivity contribution >= 4 is 17.5 Å². The van der Waals surface area contributed by atoms with Crippen LogP contribution in [0.1, 0.15) is 0 Å². The first-order valence-electron chi connectivity index (χ1n) is 9.40. The van der Waals surface area contributed by atoms with Crippen molar-refractivity contribution in [1.82, 2.24) is 9.80 Å². The highest BCUT2D eigenvalue weighted by molar-refractivity contribution is 5.93. The van der Waals surface area contributed by atoms with Gasteiger partial charge in [0, 0.05) is 19.6 Å². The van der Waals surface area contributed by atoms with E-state index in [2.05, 4.69) is 10.2 Å². The molecule has 0 saturated carbocycles. The Morgan fingerprint density at radius 1 is 1.11 bits per heavy atom. The summed E-state index contributed by atoms with van der Waals surface area (Å²) in [5.41, 5.74) is 0.677. The zero-order chi connectivity index (χ0) is 19.3. The molecule has 146 valence electrons. The molecule has 7 nitrogen and oxygen atoms in total. The lowest BCUT2D eigenvalue weighted by Gasteiger charge is -2.40. The predicted octanol–water partition coefficient (Wildman–Crippen LogP) is 1.61. The van der Waals surface area contributed by atoms with E-state index in [0.29, 0.717) is 43.4 Å². The van der Waals surface area contributed by atoms with Crippen LogP contribution in [0, 0.1) is 0 Å². The normalized spacial score (nSPS) is 19.8. The van der Waals surface area contributed by atoms with Gasteiger partial charge in [0.15, 0.2) is 6.61 Å². The Morgan fingerprint density at radius 3 is 2.75 bits per heavy atom. The summed E-state index contributed by atoms with van der Waals surface area (Å²) in [7, 11) is 0. The van der Waals surface area contributed by atoms with Crippen molar-refractivity contribution in [3.8, 4) is 11.5 Å². The number of rotatable bonds is 3. The van der Waals surface area contributed by atoms with E-state index in [-0.39, 0.29) is 31.0 Å². The van der Waals surface area contributed by atoms with Gasteiger partial charge in [0.1, 0.15) is 18.1 Å². The molecule has 2 aromatic rings. The van der Waals surface area contributed by atoms with E-state index in [1.54, 1.807) is 4.90 Å². The van der Waals surface area contributed by atoms with Crippen LogP contribution in [0.2, 0.25) is 0 Å². The lowest BCUT2D eigenvalue weighted by molar-refractivity contribution is -0.137. The number of para-hydroxylation sites is 3. The number of nitrogens with zero attached hydrogens (tertiary/aromatic N) is 2. The number of hydrogen-bond donors (Lipinski definition) is 1. The molecule has 2 aliphatic heterocycles. The van der Waals surface area contributed by atoms with Gasteiger partial charge in [0.05, 0.1) is 18.3 Å². The zero-order valence-corrected chi connectivity index (χ0v) is 15.5. The van der Waals surface area contributed by atoms with Gasteiger partial charge in [-0.2, -0.15) is 0 Å². The van der Waals surface area contributed by atoms with Crippen LogP contribution >= 0.6 is 0 Å². The summed E-state index contributed by atoms with van der Waals surface area (Å²) in [6.07, 6.45) is 0. The predicted molar refractivity (Wildman–Crippen MR) is 104 cm³/mol. The maximum atomic E-state index is 12.6. The second kappa shape index (κ2) is 8.31. The van der Waals surface area contributed by atoms with Crippen LogP contribution in [-0.4, -0.2) is 67.0 Å². The lowest BCUT2D eigenvalue weighted by atomic mass is 10.1. The number of piperazine rings is 1. The molecule has 2 amide bonds. The molecule has 0 aromatic heterocycles. The lowest BCUT2D eigenvalue weighted by Crippen LogP contribution is -2.58. The number of amides is 2. The topological polar surface area (TPSA) is 71.1 Å². The number of carbonyl (C=O) groups excluding carboxylic acids is 2. The van der Waals surface area contributed by atoms with E-state index in [1.165, 1.54) is 0 Å². The molecule has 0 unspecified atom stereocenters. The number of benzene rings is 2. The monoisotopic (exact) mass is 381 g/mol. The second-order valence-electron chi connectivity index (χ2n) is 6.92. The van der Waals surface area contributed by atoms with Crippen molar-refractivity contribution in [2.24, 2.45) is 0 Å². The van der Waals surface area contributed by atoms with Crippen LogP contribution in [0.15, 0.2) is 54.6 Å². The minimum atomic E-state index is -0.0739. The van der Waals surface area contributed by atoms with E-state index in [4.69, 9.17) is 9.47 Å². The molecule has 7 heteroatoms. The van der Waals surface area contributed by atoms with Crippen molar-refractivity contribution in [3.63, 3.8) is 0 Å². The van der Waals surface area contributed by atoms with Gasteiger partial charge in [-0.25, -0.2) is 0 Å². The van der Waals surface area contributed by atoms with Crippen molar-refractivity contribution < 1.29 is 19.1 Å². The van der Waals surface area contributed by atoms with Crippen LogP contribution < -0.4 is 14.8 Å². The van der Waals surface area contributed by atoms with E-state index in [1.807, 2.05) is 54.6 Å². The summed E-state index contributed by atoms with van der Waals surface area (Å²) in [6, 6.07) is 16.6. The summed E-state index contributed by atoms with van der Waals surface area (Å²) >= 11 is 0. The first kappa shape index (κ1) is 18.3. The molecule has 2 aromatic carbocycles. The van der Waals surface area contributed by atoms with Crippen LogP contribution in [0.3, 0.4) is 0 Å². The molecule has 2 aliphatic rings. The standard InChI is InChI=1S/C21H23N3O4/c25-20-13-23-10-11-24(21(26)15-27-17-6-2-1-3-7-17)12-16(23)14-28-19-9-5-4-8-18(19)22-20/h1-9,16H,10-15H2,(H,22,25)/t16-/m1/s1. The molecule has 4 rings (SSSR count). The number of anilines is 1. The molecule has 0 aliphatic carbocycles. The average molecular weight is 381 g/mol. The van der Waals surface area contributed by atoms with Gasteiger partial charge < -0.3 is 19.7 Å². The van der Waals surface area contributed by atoms with Crippen molar-refractivity contribution in [2.75, 3.05) is 44.7 Å². The SMILES string of the molecule is O=C1CN2CCN(C(=O)COc3ccccc3)C[C@@H]2COc2ccccc2N1. The summed E-state index contributed by atoms with van der Waals surface area (Å²) in [5, 5.41) is 2.90. The number of fused-ring (bicyclic) bond motifs is 2. The third-order valence-electron chi connectivity index (χ3n) is 5.00. The highest BCUT2D eigenvalue weighted by Crippen LogP contribution is 2.26. The van der Waals surface area contributed by atoms with Crippen LogP contribution in [-0.2, 0) is 9.59 Å². The molecule has 1 atom stereocenters. The number of carbonyl (C=O) groups is 2. The second-order valence-corrected chi connectivity index (χ2v) is 6.92. The quantitative estimate of drug-likeness (QED) is 0.875. The fraction of sp³-hybridized carbons (Fsp3) is 0.333. The molecule has 1 saturated heterocycles. The van der Waals surface area contributed by atoms with E-state index in [9.17, 15) is 9.59 Å². The van der Waals surface area contributed by atoms with Crippen molar-refractivity contribution in [2.45, 2.75) is 6.04 Å². The van der Waals surface area contributed by atoms with E-state index < -0.39 is 0 Å². The average Bonchev–Trinajstić information content (AvgIpc) is 2.79. The molecule has 2 heterocycles. The first-order chi connectivity index (χ1) is 13.7. The van der Waals surface area contributed by atoms with E-state index >= 15 is 0 Å². The third kappa shape index (κ3) is 4.26. The molecule has 0 radical (unpaired) electrons. The van der Waals surface area contributed by atoms with Gasteiger partial charge >= 0.3 is 0 Å². The molecule has 28 heavy (non-hydrogen) atoms. The van der Waals surface area contributed by atoms with Gasteiger partial charge in [-0.05, 0) is 24.3 Å². The Morgan fingerprint density at radius 2 is 1.89 bits per heavy atom. The minimum Gasteiger partial charge on any atom is -0.490 e. The zero-order valence-electron chi connectivity index (χ0n) is 15.5. The minimum absolute atomic E-state index is 0.000903. The van der Waals surface area contributed by atoms with Crippen molar-refractivity contribution in [3.05, 3.63) is 54.6 Å². The molecular formula is C21H23N3O4. The van der Waals surface area contributed by atoms with Gasteiger partial charge in [-0.3, -0.25) is 14.5 Å². The van der Waals surface area contributed by atoms with E-state index in [0.717, 1.165) is 0 Å². The Kier molecular flexibility index (Phi) is 5.43. The largest absolute Gasteiger partial charge is 0.490 e. The van der Waals surface area contributed by atoms with Crippen molar-refractivity contribution in [1.29, 1.82) is 0 Å². The van der Waals surface area contributed by atoms with Crippen LogP contribution in [0.4, 0.5) is 5.69 Å². The van der Waals surface area contributed by atoms with Crippen LogP contribution in [0.25, 0.3) is 0 Å². The molecular weight excluding hydrogens is 358 g/mol. The Hall–Kier alpha value is -3.06. The van der Waals surface area contributed by atoms with Gasteiger partial charge in [0.2, 0.25) is 5.91 Å². The fourth-order valence-corrected chi connectivity index (χ4v) is 3.49. The van der Waals surface area contributed by atoms with Crippen LogP contribution in [0.5, 0.6) is 11.5 Å². The maximum Gasteiger partial charge on any atom is 0.260 e. The molecule has 0 spiro atoms. The van der Waals surface area contributed by atoms with Gasteiger partial charge in [-0.15, -0.1) is 0 Å². The highest BCUT2D eigenvalue weighted by Gasteiger charge is 2.32. The molecule has 0 bridgehead atoms. The summed E-state index contributed by atoms with van der Waals surface area (Å²) < 4.78 is 11.5. The summed E-state index contributed by atoms with van der Waals surface area (Å²) in [6.45, 7) is 2.39. The molecule has 1 N–H and O–H groups in total. The van der Waals surface area contributed by atoms with Gasteiger partial charge in [0.25, 0.3) is 5.91 Å². The van der Waals surface area contributed by atoms with Gasteiger partial charge in [-0.1, -0.05) is 30.3 Å². The number of nitrogens with one attached hydrogen (secondary N) is 1. The summed E-state index contributed by atoms with van der Waals surface area (Å²) in [4.78, 5) is 28.8. The smallest absolute Gasteiger partial charge is 0.260 e. The fourth-order valence-electron chi connectivity index (χ4n) is 3.49. The number of ether oxygens (including phenoxy) is 2. The Labute approximate surface area is 163 Å². The third-order valence-corrected chi connectivity index (χ3v) is 5.00.